The summed E-state index contributed by atoms with van der Waals surface area (Å²) in [6, 6.07) is 8.85. The average molecular weight is 218 g/mol. The molecule has 1 aliphatic carbocycles. The SMILES string of the molecule is CCCc1ccccc1C1CCC(O)CC1. The van der Waals surface area contributed by atoms with Gasteiger partial charge in [-0.2, -0.15) is 0 Å². The molecule has 0 heterocycles. The Kier molecular flexibility index (Phi) is 4.00. The van der Waals surface area contributed by atoms with Crippen LogP contribution in [0.25, 0.3) is 0 Å². The molecule has 0 radical (unpaired) electrons. The van der Waals surface area contributed by atoms with Crippen LogP contribution in [-0.4, -0.2) is 11.2 Å². The topological polar surface area (TPSA) is 20.2 Å². The minimum absolute atomic E-state index is 0.0467. The van der Waals surface area contributed by atoms with Crippen molar-refractivity contribution in [2.24, 2.45) is 0 Å². The number of hydrogen-bond acceptors (Lipinski definition) is 1. The lowest BCUT2D eigenvalue weighted by molar-refractivity contribution is 0.122. The fourth-order valence-corrected chi connectivity index (χ4v) is 2.82. The highest BCUT2D eigenvalue weighted by molar-refractivity contribution is 5.31. The van der Waals surface area contributed by atoms with Gasteiger partial charge in [0.1, 0.15) is 0 Å². The van der Waals surface area contributed by atoms with E-state index in [1.54, 1.807) is 0 Å². The van der Waals surface area contributed by atoms with E-state index in [9.17, 15) is 5.11 Å². The molecule has 1 aromatic carbocycles. The minimum Gasteiger partial charge on any atom is -0.393 e. The van der Waals surface area contributed by atoms with E-state index in [1.165, 1.54) is 24.0 Å². The first-order valence-electron chi connectivity index (χ1n) is 6.57. The first-order chi connectivity index (χ1) is 7.81. The smallest absolute Gasteiger partial charge is 0.0540 e. The van der Waals surface area contributed by atoms with Crippen molar-refractivity contribution >= 4 is 0 Å². The average Bonchev–Trinajstić information content (AvgIpc) is 2.32. The summed E-state index contributed by atoms with van der Waals surface area (Å²) >= 11 is 0. The zero-order valence-electron chi connectivity index (χ0n) is 10.2. The Hall–Kier alpha value is -0.820. The molecule has 1 aromatic rings. The van der Waals surface area contributed by atoms with E-state index < -0.39 is 0 Å². The molecule has 88 valence electrons. The van der Waals surface area contributed by atoms with E-state index in [4.69, 9.17) is 0 Å². The third kappa shape index (κ3) is 2.65. The molecule has 0 atom stereocenters. The Bertz CT molecular complexity index is 324. The second-order valence-electron chi connectivity index (χ2n) is 4.95. The van der Waals surface area contributed by atoms with E-state index in [2.05, 4.69) is 31.2 Å². The molecule has 0 spiro atoms. The van der Waals surface area contributed by atoms with Crippen LogP contribution in [0.1, 0.15) is 56.1 Å². The fraction of sp³-hybridized carbons (Fsp3) is 0.600. The number of rotatable bonds is 3. The van der Waals surface area contributed by atoms with Gasteiger partial charge in [-0.05, 0) is 49.1 Å². The summed E-state index contributed by atoms with van der Waals surface area (Å²) < 4.78 is 0. The maximum Gasteiger partial charge on any atom is 0.0540 e. The molecular weight excluding hydrogens is 196 g/mol. The van der Waals surface area contributed by atoms with Gasteiger partial charge in [0.05, 0.1) is 6.10 Å². The zero-order valence-corrected chi connectivity index (χ0v) is 10.2. The second kappa shape index (κ2) is 5.49. The Morgan fingerprint density at radius 1 is 1.12 bits per heavy atom. The first-order valence-corrected chi connectivity index (χ1v) is 6.57. The summed E-state index contributed by atoms with van der Waals surface area (Å²) in [4.78, 5) is 0. The lowest BCUT2D eigenvalue weighted by Crippen LogP contribution is -2.17. The quantitative estimate of drug-likeness (QED) is 0.821. The van der Waals surface area contributed by atoms with Crippen molar-refractivity contribution in [3.05, 3.63) is 35.4 Å². The van der Waals surface area contributed by atoms with Gasteiger partial charge in [-0.3, -0.25) is 0 Å². The molecule has 1 N–H and O–H groups in total. The lowest BCUT2D eigenvalue weighted by Gasteiger charge is -2.27. The number of hydrogen-bond donors (Lipinski definition) is 1. The summed E-state index contributed by atoms with van der Waals surface area (Å²) in [6.07, 6.45) is 6.62. The number of aliphatic hydroxyl groups excluding tert-OH is 1. The third-order valence-corrected chi connectivity index (χ3v) is 3.71. The molecule has 1 fully saturated rings. The molecule has 1 aliphatic rings. The van der Waals surface area contributed by atoms with Gasteiger partial charge in [-0.15, -0.1) is 0 Å². The summed E-state index contributed by atoms with van der Waals surface area (Å²) in [5.41, 5.74) is 3.06. The summed E-state index contributed by atoms with van der Waals surface area (Å²) in [5.74, 6) is 0.686. The van der Waals surface area contributed by atoms with Crippen LogP contribution >= 0.6 is 0 Å². The maximum atomic E-state index is 9.55. The second-order valence-corrected chi connectivity index (χ2v) is 4.95. The Balaban J connectivity index is 2.13. The van der Waals surface area contributed by atoms with Gasteiger partial charge in [0.15, 0.2) is 0 Å². The van der Waals surface area contributed by atoms with Crippen LogP contribution in [0.4, 0.5) is 0 Å². The third-order valence-electron chi connectivity index (χ3n) is 3.71. The number of benzene rings is 1. The highest BCUT2D eigenvalue weighted by Gasteiger charge is 2.22. The van der Waals surface area contributed by atoms with E-state index in [0.717, 1.165) is 25.7 Å². The molecule has 0 unspecified atom stereocenters. The standard InChI is InChI=1S/C15H22O/c1-2-5-12-6-3-4-7-15(12)13-8-10-14(16)11-9-13/h3-4,6-7,13-14,16H,2,5,8-11H2,1H3. The van der Waals surface area contributed by atoms with Gasteiger partial charge in [-0.25, -0.2) is 0 Å². The van der Waals surface area contributed by atoms with E-state index in [1.807, 2.05) is 0 Å². The van der Waals surface area contributed by atoms with Crippen LogP contribution in [0.3, 0.4) is 0 Å². The van der Waals surface area contributed by atoms with Crippen molar-refractivity contribution in [3.63, 3.8) is 0 Å². The molecular formula is C15H22O. The minimum atomic E-state index is -0.0467. The van der Waals surface area contributed by atoms with Crippen molar-refractivity contribution in [1.29, 1.82) is 0 Å². The monoisotopic (exact) mass is 218 g/mol. The predicted octanol–water partition coefficient (Wildman–Crippen LogP) is 3.66. The summed E-state index contributed by atoms with van der Waals surface area (Å²) in [6.45, 7) is 2.24. The fourth-order valence-electron chi connectivity index (χ4n) is 2.82. The van der Waals surface area contributed by atoms with Crippen molar-refractivity contribution in [3.8, 4) is 0 Å². The van der Waals surface area contributed by atoms with Crippen LogP contribution in [0.5, 0.6) is 0 Å². The molecule has 2 rings (SSSR count). The van der Waals surface area contributed by atoms with Gasteiger partial charge >= 0.3 is 0 Å². The Morgan fingerprint density at radius 2 is 1.81 bits per heavy atom. The Morgan fingerprint density at radius 3 is 2.50 bits per heavy atom. The van der Waals surface area contributed by atoms with Crippen molar-refractivity contribution in [2.45, 2.75) is 57.5 Å². The predicted molar refractivity (Wildman–Crippen MR) is 67.7 cm³/mol. The van der Waals surface area contributed by atoms with Crippen LogP contribution in [0.15, 0.2) is 24.3 Å². The van der Waals surface area contributed by atoms with Crippen molar-refractivity contribution in [1.82, 2.24) is 0 Å². The van der Waals surface area contributed by atoms with Crippen LogP contribution in [-0.2, 0) is 6.42 Å². The van der Waals surface area contributed by atoms with Gasteiger partial charge in [-0.1, -0.05) is 37.6 Å². The summed E-state index contributed by atoms with van der Waals surface area (Å²) in [5, 5.41) is 9.55. The van der Waals surface area contributed by atoms with Crippen molar-refractivity contribution in [2.75, 3.05) is 0 Å². The molecule has 0 amide bonds. The van der Waals surface area contributed by atoms with Gasteiger partial charge < -0.3 is 5.11 Å². The number of aryl methyl sites for hydroxylation is 1. The highest BCUT2D eigenvalue weighted by atomic mass is 16.3. The zero-order chi connectivity index (χ0) is 11.4. The van der Waals surface area contributed by atoms with Gasteiger partial charge in [0.25, 0.3) is 0 Å². The number of aliphatic hydroxyl groups is 1. The maximum absolute atomic E-state index is 9.55. The lowest BCUT2D eigenvalue weighted by atomic mass is 9.80. The van der Waals surface area contributed by atoms with Crippen LogP contribution < -0.4 is 0 Å². The molecule has 1 heteroatoms. The first kappa shape index (κ1) is 11.7. The molecule has 0 aliphatic heterocycles. The molecule has 0 bridgehead atoms. The summed E-state index contributed by atoms with van der Waals surface area (Å²) in [7, 11) is 0. The van der Waals surface area contributed by atoms with Gasteiger partial charge in [0, 0.05) is 0 Å². The van der Waals surface area contributed by atoms with E-state index >= 15 is 0 Å². The molecule has 16 heavy (non-hydrogen) atoms. The molecule has 0 aromatic heterocycles. The largest absolute Gasteiger partial charge is 0.393 e. The van der Waals surface area contributed by atoms with Crippen LogP contribution in [0.2, 0.25) is 0 Å². The highest BCUT2D eigenvalue weighted by Crippen LogP contribution is 2.34. The molecule has 0 saturated heterocycles. The normalized spacial score (nSPS) is 25.6. The van der Waals surface area contributed by atoms with E-state index in [-0.39, 0.29) is 6.10 Å². The van der Waals surface area contributed by atoms with Gasteiger partial charge in [0.2, 0.25) is 0 Å². The Labute approximate surface area is 98.5 Å². The molecule has 1 nitrogen and oxygen atoms in total. The van der Waals surface area contributed by atoms with E-state index in [0.29, 0.717) is 5.92 Å². The van der Waals surface area contributed by atoms with Crippen LogP contribution in [0, 0.1) is 0 Å². The van der Waals surface area contributed by atoms with Crippen molar-refractivity contribution < 1.29 is 5.11 Å². The molecule has 1 saturated carbocycles.